The van der Waals surface area contributed by atoms with Crippen LogP contribution in [0.4, 0.5) is 0 Å². The average Bonchev–Trinajstić information content (AvgIpc) is 2.54. The molecule has 25 heavy (non-hydrogen) atoms. The highest BCUT2D eigenvalue weighted by Gasteiger charge is 2.15. The maximum Gasteiger partial charge on any atom is 0.335 e. The summed E-state index contributed by atoms with van der Waals surface area (Å²) in [5, 5.41) is 8.82. The van der Waals surface area contributed by atoms with E-state index in [0.717, 1.165) is 11.8 Å². The molecule has 0 fully saturated rings. The molecule has 0 aromatic heterocycles. The Bertz CT molecular complexity index is 962. The lowest BCUT2D eigenvalue weighted by atomic mass is 10.1. The monoisotopic (exact) mass is 383 g/mol. The highest BCUT2D eigenvalue weighted by atomic mass is 32.2. The molecule has 0 saturated heterocycles. The summed E-state index contributed by atoms with van der Waals surface area (Å²) in [4.78, 5) is 10.8. The molecule has 0 aliphatic carbocycles. The largest absolute Gasteiger partial charge is 0.478 e. The number of sulfonamides is 1. The van der Waals surface area contributed by atoms with Gasteiger partial charge in [-0.1, -0.05) is 12.1 Å². The first kappa shape index (κ1) is 19.1. The number of carbonyl (C=O) groups is 1. The van der Waals surface area contributed by atoms with Gasteiger partial charge in [-0.25, -0.2) is 26.4 Å². The zero-order valence-corrected chi connectivity index (χ0v) is 15.0. The summed E-state index contributed by atoms with van der Waals surface area (Å²) in [5.74, 6) is -1.02. The summed E-state index contributed by atoms with van der Waals surface area (Å²) in [7, 11) is -7.14. The molecule has 2 rings (SSSR count). The Labute approximate surface area is 146 Å². The smallest absolute Gasteiger partial charge is 0.335 e. The van der Waals surface area contributed by atoms with Gasteiger partial charge in [0.2, 0.25) is 10.0 Å². The lowest BCUT2D eigenvalue weighted by Crippen LogP contribution is -2.26. The fourth-order valence-electron chi connectivity index (χ4n) is 2.09. The Morgan fingerprint density at radius 1 is 0.920 bits per heavy atom. The molecular weight excluding hydrogens is 366 g/mol. The summed E-state index contributed by atoms with van der Waals surface area (Å²) in [5.41, 5.74) is 0.954. The van der Waals surface area contributed by atoms with Gasteiger partial charge in [-0.15, -0.1) is 0 Å². The zero-order chi connectivity index (χ0) is 18.7. The SMILES string of the molecule is CS(=O)(=O)c1ccc(S(=O)(=O)NCCc2ccc(C(=O)O)cc2)cc1. The predicted octanol–water partition coefficient (Wildman–Crippen LogP) is 1.31. The van der Waals surface area contributed by atoms with Crippen LogP contribution in [0.1, 0.15) is 15.9 Å². The van der Waals surface area contributed by atoms with Crippen molar-refractivity contribution in [3.63, 3.8) is 0 Å². The van der Waals surface area contributed by atoms with E-state index >= 15 is 0 Å². The maximum absolute atomic E-state index is 12.2. The van der Waals surface area contributed by atoms with Crippen LogP contribution in [-0.4, -0.2) is 40.7 Å². The van der Waals surface area contributed by atoms with Crippen LogP contribution in [0.2, 0.25) is 0 Å². The van der Waals surface area contributed by atoms with Crippen molar-refractivity contribution in [1.29, 1.82) is 0 Å². The van der Waals surface area contributed by atoms with E-state index in [4.69, 9.17) is 5.11 Å². The first-order valence-electron chi connectivity index (χ1n) is 7.21. The van der Waals surface area contributed by atoms with Crippen molar-refractivity contribution < 1.29 is 26.7 Å². The molecule has 2 aromatic rings. The van der Waals surface area contributed by atoms with E-state index in [1.807, 2.05) is 0 Å². The minimum absolute atomic E-state index is 0.0267. The predicted molar refractivity (Wildman–Crippen MR) is 91.8 cm³/mol. The van der Waals surface area contributed by atoms with E-state index in [1.54, 1.807) is 12.1 Å². The van der Waals surface area contributed by atoms with Crippen LogP contribution in [0, 0.1) is 0 Å². The van der Waals surface area contributed by atoms with Crippen molar-refractivity contribution in [2.45, 2.75) is 16.2 Å². The Hall–Kier alpha value is -2.23. The minimum Gasteiger partial charge on any atom is -0.478 e. The molecule has 0 atom stereocenters. The Morgan fingerprint density at radius 3 is 1.92 bits per heavy atom. The first-order chi connectivity index (χ1) is 11.6. The van der Waals surface area contributed by atoms with Gasteiger partial charge in [0.05, 0.1) is 15.4 Å². The highest BCUT2D eigenvalue weighted by molar-refractivity contribution is 7.90. The van der Waals surface area contributed by atoms with Crippen molar-refractivity contribution >= 4 is 25.8 Å². The molecule has 0 aliphatic rings. The highest BCUT2D eigenvalue weighted by Crippen LogP contribution is 2.14. The van der Waals surface area contributed by atoms with Crippen molar-refractivity contribution in [3.8, 4) is 0 Å². The normalized spacial score (nSPS) is 12.0. The van der Waals surface area contributed by atoms with Crippen LogP contribution >= 0.6 is 0 Å². The average molecular weight is 383 g/mol. The topological polar surface area (TPSA) is 118 Å². The molecule has 9 heteroatoms. The second-order valence-corrected chi connectivity index (χ2v) is 9.18. The quantitative estimate of drug-likeness (QED) is 0.744. The number of rotatable bonds is 7. The van der Waals surface area contributed by atoms with Gasteiger partial charge in [0.25, 0.3) is 0 Å². The second kappa shape index (κ2) is 7.34. The molecule has 0 unspecified atom stereocenters. The van der Waals surface area contributed by atoms with Gasteiger partial charge in [-0.3, -0.25) is 0 Å². The Kier molecular flexibility index (Phi) is 5.61. The molecule has 0 spiro atoms. The van der Waals surface area contributed by atoms with Crippen molar-refractivity contribution in [1.82, 2.24) is 4.72 Å². The van der Waals surface area contributed by atoms with Gasteiger partial charge in [0.15, 0.2) is 9.84 Å². The van der Waals surface area contributed by atoms with E-state index < -0.39 is 25.8 Å². The summed E-state index contributed by atoms with van der Waals surface area (Å²) in [6.07, 6.45) is 1.44. The van der Waals surface area contributed by atoms with Crippen LogP contribution in [0.3, 0.4) is 0 Å². The molecule has 7 nitrogen and oxygen atoms in total. The number of hydrogen-bond acceptors (Lipinski definition) is 5. The van der Waals surface area contributed by atoms with Crippen LogP contribution in [0.15, 0.2) is 58.3 Å². The van der Waals surface area contributed by atoms with Gasteiger partial charge < -0.3 is 5.11 Å². The first-order valence-corrected chi connectivity index (χ1v) is 10.6. The number of aromatic carboxylic acids is 1. The van der Waals surface area contributed by atoms with Crippen LogP contribution in [0.5, 0.6) is 0 Å². The Balaban J connectivity index is 2.00. The summed E-state index contributed by atoms with van der Waals surface area (Å²) >= 11 is 0. The van der Waals surface area contributed by atoms with E-state index in [1.165, 1.54) is 36.4 Å². The van der Waals surface area contributed by atoms with Gasteiger partial charge >= 0.3 is 5.97 Å². The molecule has 0 aliphatic heterocycles. The van der Waals surface area contributed by atoms with E-state index in [0.29, 0.717) is 6.42 Å². The number of carboxylic acids is 1. The molecular formula is C16H17NO6S2. The van der Waals surface area contributed by atoms with Crippen molar-refractivity contribution in [3.05, 3.63) is 59.7 Å². The third-order valence-electron chi connectivity index (χ3n) is 3.47. The lowest BCUT2D eigenvalue weighted by molar-refractivity contribution is 0.0697. The molecule has 0 saturated carbocycles. The molecule has 2 aromatic carbocycles. The number of nitrogens with one attached hydrogen (secondary N) is 1. The molecule has 2 N–H and O–H groups in total. The second-order valence-electron chi connectivity index (χ2n) is 5.39. The molecule has 134 valence electrons. The molecule has 0 radical (unpaired) electrons. The minimum atomic E-state index is -3.75. The number of hydrogen-bond donors (Lipinski definition) is 2. The molecule has 0 bridgehead atoms. The van der Waals surface area contributed by atoms with Gasteiger partial charge in [-0.05, 0) is 48.4 Å². The standard InChI is InChI=1S/C16H17NO6S2/c1-24(20,21)14-6-8-15(9-7-14)25(22,23)17-11-10-12-2-4-13(5-3-12)16(18)19/h2-9,17H,10-11H2,1H3,(H,18,19). The summed E-state index contributed by atoms with van der Waals surface area (Å²) in [6, 6.07) is 11.1. The van der Waals surface area contributed by atoms with Crippen molar-refractivity contribution in [2.24, 2.45) is 0 Å². The number of carboxylic acid groups (broad SMARTS) is 1. The third kappa shape index (κ3) is 5.12. The van der Waals surface area contributed by atoms with Crippen LogP contribution in [0.25, 0.3) is 0 Å². The summed E-state index contributed by atoms with van der Waals surface area (Å²) < 4.78 is 49.6. The zero-order valence-electron chi connectivity index (χ0n) is 13.3. The fraction of sp³-hybridized carbons (Fsp3) is 0.188. The maximum atomic E-state index is 12.2. The lowest BCUT2D eigenvalue weighted by Gasteiger charge is -2.08. The summed E-state index contributed by atoms with van der Waals surface area (Å²) in [6.45, 7) is 0.128. The van der Waals surface area contributed by atoms with Gasteiger partial charge in [0, 0.05) is 12.8 Å². The van der Waals surface area contributed by atoms with Gasteiger partial charge in [-0.2, -0.15) is 0 Å². The number of sulfone groups is 1. The van der Waals surface area contributed by atoms with E-state index in [2.05, 4.69) is 4.72 Å². The van der Waals surface area contributed by atoms with Crippen molar-refractivity contribution in [2.75, 3.05) is 12.8 Å². The Morgan fingerprint density at radius 2 is 1.44 bits per heavy atom. The third-order valence-corrected chi connectivity index (χ3v) is 6.07. The van der Waals surface area contributed by atoms with Crippen LogP contribution < -0.4 is 4.72 Å². The van der Waals surface area contributed by atoms with E-state index in [-0.39, 0.29) is 21.9 Å². The van der Waals surface area contributed by atoms with Gasteiger partial charge in [0.1, 0.15) is 0 Å². The number of benzene rings is 2. The molecule has 0 amide bonds. The molecule has 0 heterocycles. The fourth-order valence-corrected chi connectivity index (χ4v) is 3.76. The van der Waals surface area contributed by atoms with E-state index in [9.17, 15) is 21.6 Å². The van der Waals surface area contributed by atoms with Crippen LogP contribution in [-0.2, 0) is 26.3 Å².